The Morgan fingerprint density at radius 1 is 1.08 bits per heavy atom. The average Bonchev–Trinajstić information content (AvgIpc) is 2.55. The summed E-state index contributed by atoms with van der Waals surface area (Å²) in [6.45, 7) is 2.34. The minimum absolute atomic E-state index is 0.0700. The number of rotatable bonds is 8. The summed E-state index contributed by atoms with van der Waals surface area (Å²) >= 11 is 0. The van der Waals surface area contributed by atoms with Gasteiger partial charge in [-0.2, -0.15) is 0 Å². The van der Waals surface area contributed by atoms with E-state index in [-0.39, 0.29) is 12.3 Å². The first-order valence-corrected chi connectivity index (χ1v) is 7.83. The molecule has 0 aliphatic rings. The number of hydrogen-bond acceptors (Lipinski definition) is 3. The van der Waals surface area contributed by atoms with E-state index < -0.39 is 5.97 Å². The van der Waals surface area contributed by atoms with E-state index in [1.807, 2.05) is 31.2 Å². The number of carboxylic acids is 1. The number of carbonyl (C=O) groups excluding carboxylic acids is 1. The third-order valence-corrected chi connectivity index (χ3v) is 3.55. The van der Waals surface area contributed by atoms with Crippen LogP contribution in [0.25, 0.3) is 0 Å². The Balaban J connectivity index is 1.81. The average molecular weight is 327 g/mol. The number of amides is 1. The number of anilines is 1. The van der Waals surface area contributed by atoms with Crippen molar-refractivity contribution < 1.29 is 19.4 Å². The summed E-state index contributed by atoms with van der Waals surface area (Å²) in [5.41, 5.74) is 2.80. The fourth-order valence-corrected chi connectivity index (χ4v) is 2.23. The van der Waals surface area contributed by atoms with Crippen molar-refractivity contribution in [2.75, 3.05) is 11.9 Å². The molecule has 0 saturated carbocycles. The lowest BCUT2D eigenvalue weighted by Crippen LogP contribution is -2.14. The van der Waals surface area contributed by atoms with Crippen molar-refractivity contribution in [2.45, 2.75) is 26.2 Å². The fraction of sp³-hybridized carbons (Fsp3) is 0.263. The molecule has 5 heteroatoms. The quantitative estimate of drug-likeness (QED) is 0.729. The van der Waals surface area contributed by atoms with Crippen molar-refractivity contribution in [2.24, 2.45) is 0 Å². The minimum Gasteiger partial charge on any atom is -0.494 e. The molecule has 0 radical (unpaired) electrons. The molecule has 5 nitrogen and oxygen atoms in total. The summed E-state index contributed by atoms with van der Waals surface area (Å²) in [4.78, 5) is 22.5. The molecule has 0 atom stereocenters. The van der Waals surface area contributed by atoms with Gasteiger partial charge in [0, 0.05) is 12.1 Å². The number of aryl methyl sites for hydroxylation is 1. The smallest absolute Gasteiger partial charge is 0.303 e. The lowest BCUT2D eigenvalue weighted by molar-refractivity contribution is -0.137. The van der Waals surface area contributed by atoms with Crippen LogP contribution in [-0.2, 0) is 16.0 Å². The van der Waals surface area contributed by atoms with Crippen LogP contribution in [0, 0.1) is 6.92 Å². The molecule has 0 saturated heterocycles. The second-order valence-corrected chi connectivity index (χ2v) is 5.52. The molecule has 0 fully saturated rings. The first-order valence-electron chi connectivity index (χ1n) is 7.83. The monoisotopic (exact) mass is 327 g/mol. The predicted octanol–water partition coefficient (Wildman–Crippen LogP) is 3.42. The summed E-state index contributed by atoms with van der Waals surface area (Å²) in [5.74, 6) is -0.248. The first kappa shape index (κ1) is 17.5. The molecule has 0 aromatic heterocycles. The number of nitrogens with one attached hydrogen (secondary N) is 1. The summed E-state index contributed by atoms with van der Waals surface area (Å²) < 4.78 is 5.45. The lowest BCUT2D eigenvalue weighted by atomic mass is 10.1. The van der Waals surface area contributed by atoms with Crippen LogP contribution in [0.4, 0.5) is 5.69 Å². The maximum atomic E-state index is 12.1. The predicted molar refractivity (Wildman–Crippen MR) is 92.3 cm³/mol. The molecule has 1 amide bonds. The Labute approximate surface area is 141 Å². The van der Waals surface area contributed by atoms with Crippen LogP contribution in [0.5, 0.6) is 5.75 Å². The van der Waals surface area contributed by atoms with Gasteiger partial charge in [0.2, 0.25) is 5.91 Å². The van der Waals surface area contributed by atoms with Crippen molar-refractivity contribution in [3.63, 3.8) is 0 Å². The van der Waals surface area contributed by atoms with Crippen molar-refractivity contribution in [3.8, 4) is 5.75 Å². The van der Waals surface area contributed by atoms with E-state index in [9.17, 15) is 9.59 Å². The molecule has 0 aliphatic heterocycles. The molecule has 0 unspecified atom stereocenters. The third-order valence-electron chi connectivity index (χ3n) is 3.55. The van der Waals surface area contributed by atoms with Crippen LogP contribution in [0.15, 0.2) is 48.5 Å². The molecule has 2 aromatic carbocycles. The molecule has 0 heterocycles. The van der Waals surface area contributed by atoms with Gasteiger partial charge in [-0.1, -0.05) is 24.3 Å². The van der Waals surface area contributed by atoms with Crippen LogP contribution in [0.2, 0.25) is 0 Å². The highest BCUT2D eigenvalue weighted by atomic mass is 16.5. The molecule has 126 valence electrons. The second kappa shape index (κ2) is 8.72. The van der Waals surface area contributed by atoms with Gasteiger partial charge in [0.05, 0.1) is 13.0 Å². The van der Waals surface area contributed by atoms with Crippen LogP contribution < -0.4 is 10.1 Å². The number of carboxylic acid groups (broad SMARTS) is 1. The summed E-state index contributed by atoms with van der Waals surface area (Å²) in [6.07, 6.45) is 0.886. The molecule has 0 aliphatic carbocycles. The largest absolute Gasteiger partial charge is 0.494 e. The molecular weight excluding hydrogens is 306 g/mol. The zero-order valence-corrected chi connectivity index (χ0v) is 13.6. The second-order valence-electron chi connectivity index (χ2n) is 5.52. The Bertz CT molecular complexity index is 695. The van der Waals surface area contributed by atoms with Crippen LogP contribution in [0.3, 0.4) is 0 Å². The summed E-state index contributed by atoms with van der Waals surface area (Å²) in [6, 6.07) is 14.8. The molecule has 0 spiro atoms. The minimum atomic E-state index is -0.828. The van der Waals surface area contributed by atoms with Crippen molar-refractivity contribution in [1.82, 2.24) is 0 Å². The standard InChI is InChI=1S/C19H21NO4/c1-14-5-2-3-6-15(14)13-18(21)20-16-8-10-17(11-9-16)24-12-4-7-19(22)23/h2-3,5-6,8-11H,4,7,12-13H2,1H3,(H,20,21)(H,22,23). The number of aliphatic carboxylic acids is 1. The van der Waals surface area contributed by atoms with Crippen LogP contribution in [0.1, 0.15) is 24.0 Å². The number of hydrogen-bond donors (Lipinski definition) is 2. The van der Waals surface area contributed by atoms with Gasteiger partial charge < -0.3 is 15.2 Å². The molecule has 24 heavy (non-hydrogen) atoms. The zero-order chi connectivity index (χ0) is 17.4. The van der Waals surface area contributed by atoms with E-state index in [2.05, 4.69) is 5.32 Å². The van der Waals surface area contributed by atoms with E-state index in [1.54, 1.807) is 24.3 Å². The molecule has 2 N–H and O–H groups in total. The lowest BCUT2D eigenvalue weighted by Gasteiger charge is -2.09. The van der Waals surface area contributed by atoms with Gasteiger partial charge in [-0.3, -0.25) is 9.59 Å². The van der Waals surface area contributed by atoms with E-state index in [0.29, 0.717) is 30.9 Å². The maximum absolute atomic E-state index is 12.1. The SMILES string of the molecule is Cc1ccccc1CC(=O)Nc1ccc(OCCCC(=O)O)cc1. The topological polar surface area (TPSA) is 75.6 Å². The Hall–Kier alpha value is -2.82. The normalized spacial score (nSPS) is 10.2. The summed E-state index contributed by atoms with van der Waals surface area (Å²) in [7, 11) is 0. The van der Waals surface area contributed by atoms with Gasteiger partial charge >= 0.3 is 5.97 Å². The van der Waals surface area contributed by atoms with E-state index in [0.717, 1.165) is 11.1 Å². The Morgan fingerprint density at radius 3 is 2.46 bits per heavy atom. The Morgan fingerprint density at radius 2 is 1.79 bits per heavy atom. The van der Waals surface area contributed by atoms with Gasteiger partial charge in [-0.05, 0) is 48.7 Å². The molecule has 2 rings (SSSR count). The Kier molecular flexibility index (Phi) is 6.37. The fourth-order valence-electron chi connectivity index (χ4n) is 2.23. The van der Waals surface area contributed by atoms with Gasteiger partial charge in [-0.25, -0.2) is 0 Å². The van der Waals surface area contributed by atoms with Crippen molar-refractivity contribution in [3.05, 3.63) is 59.7 Å². The maximum Gasteiger partial charge on any atom is 0.303 e. The van der Waals surface area contributed by atoms with Crippen LogP contribution >= 0.6 is 0 Å². The molecular formula is C19H21NO4. The summed E-state index contributed by atoms with van der Waals surface area (Å²) in [5, 5.41) is 11.4. The van der Waals surface area contributed by atoms with E-state index in [4.69, 9.17) is 9.84 Å². The van der Waals surface area contributed by atoms with Gasteiger partial charge in [0.1, 0.15) is 5.75 Å². The van der Waals surface area contributed by atoms with Gasteiger partial charge in [-0.15, -0.1) is 0 Å². The highest BCUT2D eigenvalue weighted by Crippen LogP contribution is 2.17. The number of carbonyl (C=O) groups is 2. The zero-order valence-electron chi connectivity index (χ0n) is 13.6. The number of benzene rings is 2. The highest BCUT2D eigenvalue weighted by Gasteiger charge is 2.06. The molecule has 2 aromatic rings. The van der Waals surface area contributed by atoms with Gasteiger partial charge in [0.25, 0.3) is 0 Å². The number of ether oxygens (including phenoxy) is 1. The van der Waals surface area contributed by atoms with Crippen molar-refractivity contribution >= 4 is 17.6 Å². The van der Waals surface area contributed by atoms with Crippen molar-refractivity contribution in [1.29, 1.82) is 0 Å². The first-order chi connectivity index (χ1) is 11.5. The van der Waals surface area contributed by atoms with Gasteiger partial charge in [0.15, 0.2) is 0 Å². The third kappa shape index (κ3) is 5.76. The van der Waals surface area contributed by atoms with E-state index in [1.165, 1.54) is 0 Å². The molecule has 0 bridgehead atoms. The van der Waals surface area contributed by atoms with Crippen LogP contribution in [-0.4, -0.2) is 23.6 Å². The highest BCUT2D eigenvalue weighted by molar-refractivity contribution is 5.92. The van der Waals surface area contributed by atoms with E-state index >= 15 is 0 Å².